The standard InChI is InChI=1S/C39H54O7/c1-23-16-19-39(33(43)44)21-20-36(5)26(31(39)38(23,7)45)13-14-29-35(4)22-27(41)32(34(2,3)28(35)17-18-37(29,36)6)46-30(42)15-10-24-8-11-25(40)12-9-24/h8-13,15,23,27-29,31-32,40-41,45H,14,16-22H2,1-7H3,(H,43,44)/b15-10-/t23-,27-,28-,29-,31-,32+,35+,36-,37-,38-,39+/m1/s1. The van der Waals surface area contributed by atoms with Gasteiger partial charge in [-0.05, 0) is 116 Å². The van der Waals surface area contributed by atoms with E-state index < -0.39 is 46.5 Å². The van der Waals surface area contributed by atoms with Crippen LogP contribution < -0.4 is 0 Å². The van der Waals surface area contributed by atoms with E-state index in [0.29, 0.717) is 25.7 Å². The molecule has 6 rings (SSSR count). The Labute approximate surface area is 274 Å². The molecule has 1 aromatic carbocycles. The normalized spacial score (nSPS) is 46.2. The largest absolute Gasteiger partial charge is 0.508 e. The van der Waals surface area contributed by atoms with Crippen LogP contribution in [0.4, 0.5) is 0 Å². The summed E-state index contributed by atoms with van der Waals surface area (Å²) in [4.78, 5) is 26.0. The van der Waals surface area contributed by atoms with Crippen LogP contribution in [0.3, 0.4) is 0 Å². The number of aliphatic hydroxyl groups is 2. The van der Waals surface area contributed by atoms with Gasteiger partial charge in [-0.2, -0.15) is 0 Å². The molecule has 0 amide bonds. The second kappa shape index (κ2) is 10.7. The van der Waals surface area contributed by atoms with Gasteiger partial charge in [-0.15, -0.1) is 0 Å². The van der Waals surface area contributed by atoms with E-state index in [-0.39, 0.29) is 39.7 Å². The van der Waals surface area contributed by atoms with Gasteiger partial charge in [0, 0.05) is 17.4 Å². The van der Waals surface area contributed by atoms with E-state index in [9.17, 15) is 30.0 Å². The van der Waals surface area contributed by atoms with E-state index in [2.05, 4.69) is 47.6 Å². The highest BCUT2D eigenvalue weighted by Crippen LogP contribution is 2.76. The van der Waals surface area contributed by atoms with Crippen LogP contribution in [0.2, 0.25) is 0 Å². The molecule has 11 atom stereocenters. The fourth-order valence-corrected chi connectivity index (χ4v) is 12.1. The number of hydrogen-bond acceptors (Lipinski definition) is 6. The Morgan fingerprint density at radius 3 is 2.26 bits per heavy atom. The summed E-state index contributed by atoms with van der Waals surface area (Å²) in [6.07, 6.45) is 9.72. The molecule has 7 heteroatoms. The number of fused-ring (bicyclic) bond motifs is 7. The van der Waals surface area contributed by atoms with Crippen LogP contribution in [0.15, 0.2) is 42.0 Å². The second-order valence-corrected chi connectivity index (χ2v) is 17.2. The number of esters is 1. The first-order valence-corrected chi connectivity index (χ1v) is 17.4. The molecule has 252 valence electrons. The molecule has 0 spiro atoms. The molecule has 5 aliphatic carbocycles. The maximum atomic E-state index is 13.0. The van der Waals surface area contributed by atoms with Gasteiger partial charge in [-0.25, -0.2) is 4.79 Å². The molecule has 0 aliphatic heterocycles. The number of carbonyl (C=O) groups is 2. The fourth-order valence-electron chi connectivity index (χ4n) is 12.1. The Hall–Kier alpha value is -2.64. The smallest absolute Gasteiger partial charge is 0.331 e. The highest BCUT2D eigenvalue weighted by molar-refractivity contribution is 5.87. The van der Waals surface area contributed by atoms with Gasteiger partial charge in [0.05, 0.1) is 17.1 Å². The van der Waals surface area contributed by atoms with Crippen molar-refractivity contribution in [3.8, 4) is 5.75 Å². The minimum atomic E-state index is -1.11. The molecule has 46 heavy (non-hydrogen) atoms. The second-order valence-electron chi connectivity index (χ2n) is 17.2. The van der Waals surface area contributed by atoms with Crippen molar-refractivity contribution in [1.82, 2.24) is 0 Å². The Morgan fingerprint density at radius 1 is 0.935 bits per heavy atom. The van der Waals surface area contributed by atoms with Crippen LogP contribution in [0.5, 0.6) is 5.75 Å². The molecule has 0 aromatic heterocycles. The number of benzene rings is 1. The quantitative estimate of drug-likeness (QED) is 0.158. The molecule has 4 N–H and O–H groups in total. The van der Waals surface area contributed by atoms with E-state index in [0.717, 1.165) is 36.8 Å². The molecule has 0 heterocycles. The summed E-state index contributed by atoms with van der Waals surface area (Å²) in [5.74, 6) is -1.07. The van der Waals surface area contributed by atoms with E-state index in [4.69, 9.17) is 4.74 Å². The highest BCUT2D eigenvalue weighted by atomic mass is 16.6. The average Bonchev–Trinajstić information content (AvgIpc) is 2.97. The van der Waals surface area contributed by atoms with E-state index in [1.54, 1.807) is 30.3 Å². The van der Waals surface area contributed by atoms with Gasteiger partial charge in [0.15, 0.2) is 0 Å². The lowest BCUT2D eigenvalue weighted by molar-refractivity contribution is -0.242. The molecule has 0 unspecified atom stereocenters. The van der Waals surface area contributed by atoms with Crippen molar-refractivity contribution in [2.45, 2.75) is 118 Å². The molecular formula is C39H54O7. The predicted molar refractivity (Wildman–Crippen MR) is 176 cm³/mol. The van der Waals surface area contributed by atoms with Gasteiger partial charge in [-0.1, -0.05) is 65.3 Å². The van der Waals surface area contributed by atoms with Crippen LogP contribution >= 0.6 is 0 Å². The Morgan fingerprint density at radius 2 is 1.61 bits per heavy atom. The molecule has 5 aliphatic rings. The van der Waals surface area contributed by atoms with Crippen molar-refractivity contribution in [2.24, 2.45) is 50.7 Å². The number of hydrogen-bond donors (Lipinski definition) is 4. The lowest BCUT2D eigenvalue weighted by Gasteiger charge is -2.72. The average molecular weight is 635 g/mol. The number of rotatable bonds is 4. The molecule has 0 radical (unpaired) electrons. The zero-order valence-electron chi connectivity index (χ0n) is 28.7. The van der Waals surface area contributed by atoms with Crippen LogP contribution in [-0.4, -0.2) is 50.2 Å². The third-order valence-corrected chi connectivity index (χ3v) is 14.9. The van der Waals surface area contributed by atoms with Gasteiger partial charge in [0.1, 0.15) is 11.9 Å². The highest BCUT2D eigenvalue weighted by Gasteiger charge is 2.72. The summed E-state index contributed by atoms with van der Waals surface area (Å²) in [7, 11) is 0. The van der Waals surface area contributed by atoms with Crippen molar-refractivity contribution >= 4 is 18.0 Å². The monoisotopic (exact) mass is 634 g/mol. The number of allylic oxidation sites excluding steroid dienone is 1. The van der Waals surface area contributed by atoms with Gasteiger partial charge >= 0.3 is 11.9 Å². The molecule has 7 nitrogen and oxygen atoms in total. The van der Waals surface area contributed by atoms with Crippen molar-refractivity contribution in [1.29, 1.82) is 0 Å². The molecular weight excluding hydrogens is 580 g/mol. The number of ether oxygens (including phenoxy) is 1. The van der Waals surface area contributed by atoms with Crippen molar-refractivity contribution in [2.75, 3.05) is 0 Å². The van der Waals surface area contributed by atoms with Gasteiger partial charge in [-0.3, -0.25) is 4.79 Å². The van der Waals surface area contributed by atoms with Gasteiger partial charge in [0.2, 0.25) is 0 Å². The molecule has 0 bridgehead atoms. The zero-order chi connectivity index (χ0) is 33.7. The number of aromatic hydroxyl groups is 1. The van der Waals surface area contributed by atoms with Crippen molar-refractivity contribution in [3.05, 3.63) is 47.6 Å². The number of carbonyl (C=O) groups excluding carboxylic acids is 1. The Balaban J connectivity index is 1.31. The van der Waals surface area contributed by atoms with E-state index in [1.165, 1.54) is 6.08 Å². The number of aliphatic carboxylic acids is 1. The lowest BCUT2D eigenvalue weighted by atomic mass is 9.33. The minimum Gasteiger partial charge on any atom is -0.508 e. The minimum absolute atomic E-state index is 0.0110. The number of carboxylic acids is 1. The number of aliphatic hydroxyl groups excluding tert-OH is 1. The van der Waals surface area contributed by atoms with Crippen LogP contribution in [0, 0.1) is 50.7 Å². The first-order valence-electron chi connectivity index (χ1n) is 17.4. The third-order valence-electron chi connectivity index (χ3n) is 14.9. The topological polar surface area (TPSA) is 124 Å². The van der Waals surface area contributed by atoms with Crippen LogP contribution in [-0.2, 0) is 14.3 Å². The molecule has 4 saturated carbocycles. The van der Waals surface area contributed by atoms with Crippen molar-refractivity contribution in [3.63, 3.8) is 0 Å². The lowest BCUT2D eigenvalue weighted by Crippen LogP contribution is -2.69. The molecule has 4 fully saturated rings. The number of phenolic OH excluding ortho intramolecular Hbond substituents is 1. The van der Waals surface area contributed by atoms with Crippen molar-refractivity contribution < 1.29 is 34.8 Å². The summed E-state index contributed by atoms with van der Waals surface area (Å²) in [5.41, 5.74) is -1.25. The first kappa shape index (κ1) is 33.3. The zero-order valence-corrected chi connectivity index (χ0v) is 28.7. The summed E-state index contributed by atoms with van der Waals surface area (Å²) in [6, 6.07) is 6.57. The fraction of sp³-hybridized carbons (Fsp3) is 0.692. The van der Waals surface area contributed by atoms with E-state index >= 15 is 0 Å². The van der Waals surface area contributed by atoms with Gasteiger partial charge in [0.25, 0.3) is 0 Å². The summed E-state index contributed by atoms with van der Waals surface area (Å²) in [5, 5.41) is 44.0. The molecule has 1 aromatic rings. The first-order chi connectivity index (χ1) is 21.3. The Bertz CT molecular complexity index is 1460. The summed E-state index contributed by atoms with van der Waals surface area (Å²) < 4.78 is 6.03. The van der Waals surface area contributed by atoms with Gasteiger partial charge < -0.3 is 25.2 Å². The third kappa shape index (κ3) is 4.50. The summed E-state index contributed by atoms with van der Waals surface area (Å²) in [6.45, 7) is 15.3. The van der Waals surface area contributed by atoms with Crippen LogP contribution in [0.25, 0.3) is 6.08 Å². The molecule has 0 saturated heterocycles. The SMILES string of the molecule is C[C@@H]1CC[C@]2(C(=O)O)CC[C@]3(C)C(=CC[C@@H]4[C@@]5(C)C[C@@H](O)[C@H](OC(=O)/C=C\c6ccc(O)cc6)C(C)(C)[C@H]5CC[C@]43C)[C@@H]2[C@]1(C)O. The van der Waals surface area contributed by atoms with Crippen LogP contribution in [0.1, 0.15) is 105 Å². The Kier molecular flexibility index (Phi) is 7.73. The van der Waals surface area contributed by atoms with E-state index in [1.807, 2.05) is 6.92 Å². The maximum Gasteiger partial charge on any atom is 0.331 e. The maximum absolute atomic E-state index is 13.0. The summed E-state index contributed by atoms with van der Waals surface area (Å²) >= 11 is 0. The number of phenols is 1. The predicted octanol–water partition coefficient (Wildman–Crippen LogP) is 7.15. The number of carboxylic acid groups (broad SMARTS) is 1.